The van der Waals surface area contributed by atoms with Crippen molar-refractivity contribution >= 4 is 40.9 Å². The monoisotopic (exact) mass is 413 g/mol. The Hall–Kier alpha value is -2.99. The van der Waals surface area contributed by atoms with Crippen molar-refractivity contribution in [1.29, 1.82) is 0 Å². The lowest BCUT2D eigenvalue weighted by atomic mass is 9.91. The Bertz CT molecular complexity index is 1050. The van der Waals surface area contributed by atoms with E-state index in [1.54, 1.807) is 39.0 Å². The maximum absolute atomic E-state index is 12.8. The Kier molecular flexibility index (Phi) is 5.32. The molecule has 0 bridgehead atoms. The molecule has 0 saturated heterocycles. The van der Waals surface area contributed by atoms with Gasteiger partial charge in [0, 0.05) is 10.4 Å². The van der Waals surface area contributed by atoms with Crippen LogP contribution in [-0.2, 0) is 9.53 Å². The first kappa shape index (κ1) is 20.7. The molecule has 0 saturated carbocycles. The molecule has 29 heavy (non-hydrogen) atoms. The summed E-state index contributed by atoms with van der Waals surface area (Å²) in [6, 6.07) is 9.03. The third-order valence-corrected chi connectivity index (χ3v) is 5.11. The van der Waals surface area contributed by atoms with Crippen LogP contribution in [-0.4, -0.2) is 30.2 Å². The number of hydrogen-bond acceptors (Lipinski definition) is 5. The molecule has 2 aromatic carbocycles. The normalized spacial score (nSPS) is 13.5. The molecule has 6 nitrogen and oxygen atoms in total. The van der Waals surface area contributed by atoms with Crippen molar-refractivity contribution in [2.45, 2.75) is 27.7 Å². The molecule has 0 aliphatic carbocycles. The number of amides is 2. The van der Waals surface area contributed by atoms with Crippen LogP contribution < -0.4 is 4.90 Å². The fourth-order valence-electron chi connectivity index (χ4n) is 2.75. The second-order valence-corrected chi connectivity index (χ2v) is 8.30. The van der Waals surface area contributed by atoms with Crippen molar-refractivity contribution in [1.82, 2.24) is 0 Å². The first-order valence-electron chi connectivity index (χ1n) is 9.00. The lowest BCUT2D eigenvalue weighted by Crippen LogP contribution is -2.29. The average Bonchev–Trinajstić information content (AvgIpc) is 2.91. The third-order valence-electron chi connectivity index (χ3n) is 4.71. The molecule has 0 unspecified atom stereocenters. The number of halogens is 1. The summed E-state index contributed by atoms with van der Waals surface area (Å²) in [6.07, 6.45) is 0. The number of ether oxygens (including phenoxy) is 1. The second-order valence-electron chi connectivity index (χ2n) is 7.89. The molecule has 2 aromatic rings. The van der Waals surface area contributed by atoms with E-state index in [0.29, 0.717) is 10.7 Å². The number of imide groups is 1. The van der Waals surface area contributed by atoms with Crippen molar-refractivity contribution in [2.75, 3.05) is 11.5 Å². The highest BCUT2D eigenvalue weighted by atomic mass is 35.5. The second kappa shape index (κ2) is 7.44. The zero-order chi connectivity index (χ0) is 21.5. The summed E-state index contributed by atoms with van der Waals surface area (Å²) in [5, 5.41) is 0.437. The molecule has 1 aliphatic rings. The average molecular weight is 414 g/mol. The van der Waals surface area contributed by atoms with E-state index in [9.17, 15) is 19.2 Å². The van der Waals surface area contributed by atoms with Gasteiger partial charge in [0.1, 0.15) is 0 Å². The van der Waals surface area contributed by atoms with Gasteiger partial charge in [0.15, 0.2) is 12.4 Å². The van der Waals surface area contributed by atoms with E-state index in [1.165, 1.54) is 18.2 Å². The number of anilines is 1. The molecule has 150 valence electrons. The highest BCUT2D eigenvalue weighted by molar-refractivity contribution is 6.36. The van der Waals surface area contributed by atoms with Gasteiger partial charge in [-0.15, -0.1) is 0 Å². The maximum atomic E-state index is 12.8. The molecule has 0 spiro atoms. The van der Waals surface area contributed by atoms with Gasteiger partial charge in [-0.25, -0.2) is 9.69 Å². The Labute approximate surface area is 173 Å². The zero-order valence-corrected chi connectivity index (χ0v) is 17.3. The quantitative estimate of drug-likeness (QED) is 0.553. The van der Waals surface area contributed by atoms with E-state index in [1.807, 2.05) is 6.92 Å². The van der Waals surface area contributed by atoms with Gasteiger partial charge in [0.2, 0.25) is 0 Å². The minimum Gasteiger partial charge on any atom is -0.454 e. The van der Waals surface area contributed by atoms with Crippen LogP contribution >= 0.6 is 11.6 Å². The van der Waals surface area contributed by atoms with Gasteiger partial charge in [0.25, 0.3) is 11.8 Å². The first-order chi connectivity index (χ1) is 13.5. The highest BCUT2D eigenvalue weighted by Gasteiger charge is 2.37. The fraction of sp³-hybridized carbons (Fsp3) is 0.273. The largest absolute Gasteiger partial charge is 0.454 e. The van der Waals surface area contributed by atoms with Crippen molar-refractivity contribution in [3.63, 3.8) is 0 Å². The number of carbonyl (C=O) groups is 4. The summed E-state index contributed by atoms with van der Waals surface area (Å²) >= 11 is 6.12. The summed E-state index contributed by atoms with van der Waals surface area (Å²) in [4.78, 5) is 50.8. The molecule has 0 N–H and O–H groups in total. The number of hydrogen-bond donors (Lipinski definition) is 0. The minimum absolute atomic E-state index is 0.0930. The summed E-state index contributed by atoms with van der Waals surface area (Å²) in [6.45, 7) is 6.65. The number of nitrogens with zero attached hydrogens (tertiary/aromatic N) is 1. The Morgan fingerprint density at radius 1 is 1.00 bits per heavy atom. The number of benzene rings is 2. The summed E-state index contributed by atoms with van der Waals surface area (Å²) in [5.41, 5.74) is 0.928. The van der Waals surface area contributed by atoms with Gasteiger partial charge in [-0.2, -0.15) is 0 Å². The molecule has 1 aliphatic heterocycles. The third kappa shape index (κ3) is 3.93. The van der Waals surface area contributed by atoms with Crippen LogP contribution in [0.5, 0.6) is 0 Å². The van der Waals surface area contributed by atoms with Gasteiger partial charge < -0.3 is 4.74 Å². The molecular weight excluding hydrogens is 394 g/mol. The number of rotatable bonds is 4. The fourth-order valence-corrected chi connectivity index (χ4v) is 2.93. The first-order valence-corrected chi connectivity index (χ1v) is 9.38. The SMILES string of the molecule is Cc1ccc(N2C(=O)c3ccc(C(=O)OCC(=O)C(C)(C)C)cc3C2=O)cc1Cl. The Morgan fingerprint density at radius 2 is 1.66 bits per heavy atom. The maximum Gasteiger partial charge on any atom is 0.338 e. The minimum atomic E-state index is -0.734. The van der Waals surface area contributed by atoms with Crippen LogP contribution in [0.15, 0.2) is 36.4 Å². The smallest absolute Gasteiger partial charge is 0.338 e. The van der Waals surface area contributed by atoms with Crippen LogP contribution in [0.2, 0.25) is 5.02 Å². The number of fused-ring (bicyclic) bond motifs is 1. The molecule has 1 heterocycles. The molecule has 2 amide bonds. The van der Waals surface area contributed by atoms with E-state index >= 15 is 0 Å². The Morgan fingerprint density at radius 3 is 2.28 bits per heavy atom. The van der Waals surface area contributed by atoms with Crippen molar-refractivity contribution in [3.8, 4) is 0 Å². The summed E-state index contributed by atoms with van der Waals surface area (Å²) < 4.78 is 5.06. The van der Waals surface area contributed by atoms with Crippen LogP contribution in [0.4, 0.5) is 5.69 Å². The van der Waals surface area contributed by atoms with E-state index in [-0.39, 0.29) is 29.1 Å². The summed E-state index contributed by atoms with van der Waals surface area (Å²) in [7, 11) is 0. The highest BCUT2D eigenvalue weighted by Crippen LogP contribution is 2.31. The van der Waals surface area contributed by atoms with Crippen molar-refractivity contribution in [3.05, 3.63) is 63.7 Å². The predicted octanol–water partition coefficient (Wildman–Crippen LogP) is 4.22. The van der Waals surface area contributed by atoms with Crippen LogP contribution in [0.3, 0.4) is 0 Å². The summed E-state index contributed by atoms with van der Waals surface area (Å²) in [5.74, 6) is -2.00. The topological polar surface area (TPSA) is 80.8 Å². The van der Waals surface area contributed by atoms with Crippen LogP contribution in [0, 0.1) is 12.3 Å². The van der Waals surface area contributed by atoms with Gasteiger partial charge in [-0.1, -0.05) is 38.4 Å². The number of esters is 1. The molecule has 0 radical (unpaired) electrons. The van der Waals surface area contributed by atoms with Gasteiger partial charge in [-0.05, 0) is 42.8 Å². The number of carbonyl (C=O) groups excluding carboxylic acids is 4. The lowest BCUT2D eigenvalue weighted by molar-refractivity contribution is -0.129. The van der Waals surface area contributed by atoms with Crippen LogP contribution in [0.1, 0.15) is 57.4 Å². The lowest BCUT2D eigenvalue weighted by Gasteiger charge is -2.16. The van der Waals surface area contributed by atoms with Crippen LogP contribution in [0.25, 0.3) is 0 Å². The van der Waals surface area contributed by atoms with Crippen molar-refractivity contribution < 1.29 is 23.9 Å². The molecule has 0 aromatic heterocycles. The van der Waals surface area contributed by atoms with E-state index in [0.717, 1.165) is 10.5 Å². The molecule has 0 atom stereocenters. The predicted molar refractivity (Wildman–Crippen MR) is 109 cm³/mol. The molecule has 7 heteroatoms. The van der Waals surface area contributed by atoms with E-state index in [2.05, 4.69) is 0 Å². The van der Waals surface area contributed by atoms with E-state index in [4.69, 9.17) is 16.3 Å². The Balaban J connectivity index is 1.84. The zero-order valence-electron chi connectivity index (χ0n) is 16.5. The van der Waals surface area contributed by atoms with Gasteiger partial charge >= 0.3 is 5.97 Å². The van der Waals surface area contributed by atoms with Crippen molar-refractivity contribution in [2.24, 2.45) is 5.41 Å². The number of Topliss-reactive ketones (excluding diaryl/α,β-unsaturated/α-hetero) is 1. The number of ketones is 1. The van der Waals surface area contributed by atoms with E-state index < -0.39 is 23.2 Å². The molecule has 3 rings (SSSR count). The standard InChI is InChI=1S/C22H20ClNO5/c1-12-5-7-14(10-17(12)23)24-19(26)15-8-6-13(9-16(15)20(24)27)21(28)29-11-18(25)22(2,3)4/h5-10H,11H2,1-4H3. The molecule has 0 fully saturated rings. The van der Waals surface area contributed by atoms with Gasteiger partial charge in [-0.3, -0.25) is 14.4 Å². The molecular formula is C22H20ClNO5. The number of aryl methyl sites for hydroxylation is 1. The van der Waals surface area contributed by atoms with Gasteiger partial charge in [0.05, 0.1) is 22.4 Å².